The van der Waals surface area contributed by atoms with Gasteiger partial charge in [-0.25, -0.2) is 0 Å². The lowest BCUT2D eigenvalue weighted by Gasteiger charge is -2.53. The average molecular weight is 389 g/mol. The Morgan fingerprint density at radius 2 is 1.17 bits per heavy atom. The number of hydrogen-bond donors (Lipinski definition) is 0. The van der Waals surface area contributed by atoms with Gasteiger partial charge in [-0.05, 0) is 63.5 Å². The van der Waals surface area contributed by atoms with Crippen molar-refractivity contribution in [1.82, 2.24) is 0 Å². The Morgan fingerprint density at radius 3 is 1.62 bits per heavy atom. The molecule has 2 aromatic rings. The van der Waals surface area contributed by atoms with Crippen LogP contribution >= 0.6 is 0 Å². The van der Waals surface area contributed by atoms with Gasteiger partial charge in [-0.3, -0.25) is 0 Å². The van der Waals surface area contributed by atoms with Crippen LogP contribution in [0.25, 0.3) is 11.1 Å². The average Bonchev–Trinajstić information content (AvgIpc) is 3.15. The van der Waals surface area contributed by atoms with E-state index in [-0.39, 0.29) is 21.7 Å². The maximum absolute atomic E-state index is 2.59. The monoisotopic (exact) mass is 388 g/mol. The van der Waals surface area contributed by atoms with E-state index in [1.807, 2.05) is 0 Å². The Balaban J connectivity index is 2.07. The van der Waals surface area contributed by atoms with Gasteiger partial charge in [-0.15, -0.1) is 0 Å². The Bertz CT molecular complexity index is 925. The molecule has 0 bridgehead atoms. The minimum Gasteiger partial charge on any atom is -0.0645 e. The third-order valence-electron chi connectivity index (χ3n) is 8.39. The van der Waals surface area contributed by atoms with E-state index >= 15 is 0 Å². The smallest absolute Gasteiger partial charge is 0.00535 e. The maximum Gasteiger partial charge on any atom is 0.00535 e. The Kier molecular flexibility index (Phi) is 4.62. The highest BCUT2D eigenvalue weighted by Crippen LogP contribution is 2.62. The quantitative estimate of drug-likeness (QED) is 0.459. The van der Waals surface area contributed by atoms with Crippen LogP contribution in [0.1, 0.15) is 110 Å². The fraction of sp³-hybridized carbons (Fsp3) is 0.586. The van der Waals surface area contributed by atoms with Gasteiger partial charge in [0.25, 0.3) is 0 Å². The van der Waals surface area contributed by atoms with Crippen LogP contribution in [0.3, 0.4) is 0 Å². The Labute approximate surface area is 179 Å². The molecule has 0 radical (unpaired) electrons. The summed E-state index contributed by atoms with van der Waals surface area (Å²) in [4.78, 5) is 0. The number of hydrogen-bond acceptors (Lipinski definition) is 0. The van der Waals surface area contributed by atoms with Crippen molar-refractivity contribution >= 4 is 0 Å². The van der Waals surface area contributed by atoms with Gasteiger partial charge < -0.3 is 0 Å². The van der Waals surface area contributed by atoms with E-state index in [9.17, 15) is 0 Å². The molecule has 0 aromatic heterocycles. The van der Waals surface area contributed by atoms with E-state index in [1.54, 1.807) is 11.1 Å². The second-order valence-electron chi connectivity index (χ2n) is 12.0. The summed E-state index contributed by atoms with van der Waals surface area (Å²) in [6, 6.07) is 14.8. The second-order valence-corrected chi connectivity index (χ2v) is 12.0. The van der Waals surface area contributed by atoms with Crippen molar-refractivity contribution in [3.63, 3.8) is 0 Å². The van der Waals surface area contributed by atoms with E-state index in [0.29, 0.717) is 0 Å². The summed E-state index contributed by atoms with van der Waals surface area (Å²) < 4.78 is 0. The molecule has 2 aliphatic rings. The lowest BCUT2D eigenvalue weighted by molar-refractivity contribution is 0.222. The van der Waals surface area contributed by atoms with Gasteiger partial charge in [0, 0.05) is 10.8 Å². The lowest BCUT2D eigenvalue weighted by atomic mass is 9.50. The fourth-order valence-electron chi connectivity index (χ4n) is 6.23. The van der Waals surface area contributed by atoms with Crippen molar-refractivity contribution in [3.05, 3.63) is 58.7 Å². The Hall–Kier alpha value is -1.56. The van der Waals surface area contributed by atoms with Crippen LogP contribution < -0.4 is 0 Å². The SMILES string of the molecule is CC[C@@]1(C)c2cc(C(C)(C)C)ccc2-c2ccc(C(C)(C)C)cc2C12CCCC2. The van der Waals surface area contributed by atoms with Gasteiger partial charge in [-0.1, -0.05) is 105 Å². The van der Waals surface area contributed by atoms with Crippen molar-refractivity contribution in [2.24, 2.45) is 0 Å². The van der Waals surface area contributed by atoms with Crippen LogP contribution in [0.2, 0.25) is 0 Å². The summed E-state index contributed by atoms with van der Waals surface area (Å²) in [5.74, 6) is 0. The highest BCUT2D eigenvalue weighted by molar-refractivity contribution is 5.79. The normalized spacial score (nSPS) is 23.2. The van der Waals surface area contributed by atoms with Crippen molar-refractivity contribution < 1.29 is 0 Å². The van der Waals surface area contributed by atoms with Gasteiger partial charge in [-0.2, -0.15) is 0 Å². The zero-order valence-electron chi connectivity index (χ0n) is 20.0. The molecule has 2 aromatic carbocycles. The van der Waals surface area contributed by atoms with E-state index in [4.69, 9.17) is 0 Å². The summed E-state index contributed by atoms with van der Waals surface area (Å²) in [7, 11) is 0. The van der Waals surface area contributed by atoms with Crippen molar-refractivity contribution in [2.45, 2.75) is 109 Å². The van der Waals surface area contributed by atoms with Crippen LogP contribution in [-0.4, -0.2) is 0 Å². The summed E-state index contributed by atoms with van der Waals surface area (Å²) >= 11 is 0. The zero-order valence-corrected chi connectivity index (χ0v) is 20.0. The van der Waals surface area contributed by atoms with Crippen molar-refractivity contribution in [2.75, 3.05) is 0 Å². The van der Waals surface area contributed by atoms with E-state index in [2.05, 4.69) is 91.8 Å². The number of fused-ring (bicyclic) bond motifs is 4. The molecule has 0 N–H and O–H groups in total. The third-order valence-corrected chi connectivity index (χ3v) is 8.39. The molecule has 1 atom stereocenters. The van der Waals surface area contributed by atoms with Crippen LogP contribution in [0.4, 0.5) is 0 Å². The standard InChI is InChI=1S/C29H40/c1-9-28(8)24-18-20(26(2,3)4)12-14-22(24)23-15-13-21(27(5,6)7)19-25(23)29(28)16-10-11-17-29/h12-15,18-19H,9-11,16-17H2,1-8H3/t28-/m0/s1. The minimum atomic E-state index is 0.183. The number of benzene rings is 2. The van der Waals surface area contributed by atoms with E-state index < -0.39 is 0 Å². The highest BCUT2D eigenvalue weighted by Gasteiger charge is 2.54. The molecule has 0 saturated heterocycles. The molecular weight excluding hydrogens is 348 g/mol. The molecular formula is C29H40. The molecule has 4 rings (SSSR count). The summed E-state index contributed by atoms with van der Waals surface area (Å²) in [6.45, 7) is 19.1. The molecule has 0 amide bonds. The van der Waals surface area contributed by atoms with Gasteiger partial charge in [0.1, 0.15) is 0 Å². The molecule has 29 heavy (non-hydrogen) atoms. The first-order valence-electron chi connectivity index (χ1n) is 11.7. The molecule has 0 heteroatoms. The van der Waals surface area contributed by atoms with E-state index in [0.717, 1.165) is 0 Å². The summed E-state index contributed by atoms with van der Waals surface area (Å²) in [5, 5.41) is 0. The van der Waals surface area contributed by atoms with Crippen molar-refractivity contribution in [3.8, 4) is 11.1 Å². The first-order chi connectivity index (χ1) is 13.4. The topological polar surface area (TPSA) is 0 Å². The fourth-order valence-corrected chi connectivity index (χ4v) is 6.23. The first kappa shape index (κ1) is 20.7. The maximum atomic E-state index is 2.59. The summed E-state index contributed by atoms with van der Waals surface area (Å²) in [5.41, 5.74) is 10.0. The largest absolute Gasteiger partial charge is 0.0645 e. The van der Waals surface area contributed by atoms with Gasteiger partial charge in [0.2, 0.25) is 0 Å². The van der Waals surface area contributed by atoms with Crippen LogP contribution in [0, 0.1) is 0 Å². The van der Waals surface area contributed by atoms with Crippen LogP contribution in [0.15, 0.2) is 36.4 Å². The van der Waals surface area contributed by atoms with Gasteiger partial charge >= 0.3 is 0 Å². The zero-order chi connectivity index (χ0) is 21.2. The molecule has 1 spiro atoms. The predicted molar refractivity (Wildman–Crippen MR) is 127 cm³/mol. The molecule has 156 valence electrons. The molecule has 2 aliphatic carbocycles. The Morgan fingerprint density at radius 1 is 0.724 bits per heavy atom. The predicted octanol–water partition coefficient (Wildman–Crippen LogP) is 8.44. The van der Waals surface area contributed by atoms with Gasteiger partial charge in [0.15, 0.2) is 0 Å². The molecule has 1 fully saturated rings. The van der Waals surface area contributed by atoms with Crippen LogP contribution in [-0.2, 0) is 21.7 Å². The highest BCUT2D eigenvalue weighted by atomic mass is 14.6. The molecule has 1 saturated carbocycles. The van der Waals surface area contributed by atoms with E-state index in [1.165, 1.54) is 54.4 Å². The van der Waals surface area contributed by atoms with Gasteiger partial charge in [0.05, 0.1) is 0 Å². The molecule has 0 aliphatic heterocycles. The molecule has 0 unspecified atom stereocenters. The van der Waals surface area contributed by atoms with Crippen LogP contribution in [0.5, 0.6) is 0 Å². The minimum absolute atomic E-state index is 0.183. The first-order valence-corrected chi connectivity index (χ1v) is 11.7. The molecule has 0 nitrogen and oxygen atoms in total. The van der Waals surface area contributed by atoms with Crippen molar-refractivity contribution in [1.29, 1.82) is 0 Å². The second kappa shape index (κ2) is 6.47. The third kappa shape index (κ3) is 2.93. The summed E-state index contributed by atoms with van der Waals surface area (Å²) in [6.07, 6.45) is 6.59. The number of rotatable bonds is 1. The lowest BCUT2D eigenvalue weighted by Crippen LogP contribution is -2.48. The molecule has 0 heterocycles.